The number of hydrogen-bond donors (Lipinski definition) is 3. The largest absolute Gasteiger partial charge is 0.390 e. The maximum atomic E-state index is 12.8. The third-order valence-electron chi connectivity index (χ3n) is 6.15. The zero-order valence-electron chi connectivity index (χ0n) is 18.6. The Morgan fingerprint density at radius 1 is 1.22 bits per heavy atom. The van der Waals surface area contributed by atoms with Gasteiger partial charge in [-0.2, -0.15) is 10.4 Å². The van der Waals surface area contributed by atoms with E-state index in [0.717, 1.165) is 23.7 Å². The van der Waals surface area contributed by atoms with Gasteiger partial charge in [0.05, 0.1) is 22.8 Å². The van der Waals surface area contributed by atoms with Crippen molar-refractivity contribution in [2.24, 2.45) is 5.92 Å². The fraction of sp³-hybridized carbons (Fsp3) is 0.417. The molecule has 1 saturated carbocycles. The number of nitrogens with zero attached hydrogens (tertiary/aromatic N) is 4. The molecule has 2 aromatic heterocycles. The first-order valence-electron chi connectivity index (χ1n) is 10.6. The second-order valence-corrected chi connectivity index (χ2v) is 9.57. The Hall–Kier alpha value is -3.28. The molecule has 0 saturated heterocycles. The van der Waals surface area contributed by atoms with Crippen LogP contribution in [0.3, 0.4) is 0 Å². The monoisotopic (exact) mass is 433 g/mol. The van der Waals surface area contributed by atoms with E-state index < -0.39 is 17.1 Å². The summed E-state index contributed by atoms with van der Waals surface area (Å²) in [4.78, 5) is 16.8. The Balaban J connectivity index is 1.65. The molecule has 8 nitrogen and oxygen atoms in total. The lowest BCUT2D eigenvalue weighted by molar-refractivity contribution is -0.0412. The molecule has 0 spiro atoms. The van der Waals surface area contributed by atoms with Crippen molar-refractivity contribution in [2.45, 2.75) is 57.8 Å². The lowest BCUT2D eigenvalue weighted by Crippen LogP contribution is -2.41. The summed E-state index contributed by atoms with van der Waals surface area (Å²) in [7, 11) is 0. The summed E-state index contributed by atoms with van der Waals surface area (Å²) in [5, 5.41) is 38.3. The average molecular weight is 434 g/mol. The van der Waals surface area contributed by atoms with Gasteiger partial charge < -0.3 is 15.5 Å². The van der Waals surface area contributed by atoms with Crippen LogP contribution in [0.4, 0.5) is 5.69 Å². The van der Waals surface area contributed by atoms with E-state index in [2.05, 4.69) is 15.4 Å². The molecular formula is C24H27N5O3. The third kappa shape index (κ3) is 4.22. The number of aliphatic hydroxyl groups is 2. The van der Waals surface area contributed by atoms with Crippen LogP contribution in [0.15, 0.2) is 36.5 Å². The summed E-state index contributed by atoms with van der Waals surface area (Å²) < 4.78 is 1.91. The second-order valence-electron chi connectivity index (χ2n) is 9.57. The van der Waals surface area contributed by atoms with E-state index >= 15 is 0 Å². The third-order valence-corrected chi connectivity index (χ3v) is 6.15. The van der Waals surface area contributed by atoms with Crippen LogP contribution >= 0.6 is 0 Å². The van der Waals surface area contributed by atoms with Crippen LogP contribution in [0.2, 0.25) is 0 Å². The van der Waals surface area contributed by atoms with E-state index in [0.29, 0.717) is 11.3 Å². The van der Waals surface area contributed by atoms with E-state index in [1.165, 1.54) is 12.1 Å². The lowest BCUT2D eigenvalue weighted by Gasteiger charge is -2.42. The SMILES string of the molecule is CC(C)(O)c1cc2nn(C3CC(C(C)(C)O)C3)cc2cc1NC(=O)c1cccc(C#N)n1. The number of pyridine rings is 1. The molecule has 3 aromatic rings. The van der Waals surface area contributed by atoms with Gasteiger partial charge in [0.25, 0.3) is 5.91 Å². The van der Waals surface area contributed by atoms with E-state index in [-0.39, 0.29) is 23.3 Å². The van der Waals surface area contributed by atoms with E-state index in [9.17, 15) is 15.0 Å². The van der Waals surface area contributed by atoms with Gasteiger partial charge in [-0.25, -0.2) is 4.98 Å². The molecule has 0 atom stereocenters. The Morgan fingerprint density at radius 3 is 2.56 bits per heavy atom. The minimum absolute atomic E-state index is 0.119. The Labute approximate surface area is 186 Å². The van der Waals surface area contributed by atoms with Crippen LogP contribution in [-0.2, 0) is 5.60 Å². The summed E-state index contributed by atoms with van der Waals surface area (Å²) in [6.45, 7) is 6.96. The number of amides is 1. The van der Waals surface area contributed by atoms with Crippen molar-refractivity contribution in [2.75, 3.05) is 5.32 Å². The fourth-order valence-electron chi connectivity index (χ4n) is 4.08. The van der Waals surface area contributed by atoms with Gasteiger partial charge >= 0.3 is 0 Å². The molecular weight excluding hydrogens is 406 g/mol. The molecule has 4 rings (SSSR count). The number of aromatic nitrogens is 3. The van der Waals surface area contributed by atoms with E-state index in [1.807, 2.05) is 30.8 Å². The molecule has 1 aromatic carbocycles. The van der Waals surface area contributed by atoms with E-state index in [4.69, 9.17) is 5.26 Å². The number of fused-ring (bicyclic) bond motifs is 1. The molecule has 0 radical (unpaired) electrons. The molecule has 1 amide bonds. The Morgan fingerprint density at radius 2 is 1.94 bits per heavy atom. The van der Waals surface area contributed by atoms with Crippen LogP contribution < -0.4 is 5.32 Å². The highest BCUT2D eigenvalue weighted by Gasteiger charge is 2.40. The quantitative estimate of drug-likeness (QED) is 0.566. The van der Waals surface area contributed by atoms with Crippen molar-refractivity contribution < 1.29 is 15.0 Å². The second kappa shape index (κ2) is 7.69. The van der Waals surface area contributed by atoms with E-state index in [1.54, 1.807) is 32.0 Å². The highest BCUT2D eigenvalue weighted by atomic mass is 16.3. The standard InChI is InChI=1S/C24H27N5O3/c1-23(2,31)15-9-17(10-15)29-13-14-8-21(18(24(3,4)32)11-20(14)28-29)27-22(30)19-7-5-6-16(12-25)26-19/h5-8,11,13,15,17,31-32H,9-10H2,1-4H3,(H,27,30). The first-order chi connectivity index (χ1) is 15.0. The maximum absolute atomic E-state index is 12.8. The first-order valence-corrected chi connectivity index (χ1v) is 10.6. The number of nitriles is 1. The lowest BCUT2D eigenvalue weighted by atomic mass is 9.71. The van der Waals surface area contributed by atoms with Gasteiger partial charge in [0.1, 0.15) is 17.5 Å². The predicted molar refractivity (Wildman–Crippen MR) is 120 cm³/mol. The molecule has 166 valence electrons. The smallest absolute Gasteiger partial charge is 0.274 e. The number of carbonyl (C=O) groups excluding carboxylic acids is 1. The van der Waals surface area contributed by atoms with Crippen LogP contribution in [-0.4, -0.2) is 36.5 Å². The topological polar surface area (TPSA) is 124 Å². The normalized spacial score (nSPS) is 18.8. The van der Waals surface area contributed by atoms with Gasteiger partial charge in [0.15, 0.2) is 0 Å². The molecule has 1 aliphatic carbocycles. The minimum Gasteiger partial charge on any atom is -0.390 e. The summed E-state index contributed by atoms with van der Waals surface area (Å²) in [5.74, 6) is -0.232. The predicted octanol–water partition coefficient (Wildman–Crippen LogP) is 3.50. The molecule has 1 fully saturated rings. The summed E-state index contributed by atoms with van der Waals surface area (Å²) in [6.07, 6.45) is 3.62. The van der Waals surface area contributed by atoms with Crippen LogP contribution in [0, 0.1) is 17.2 Å². The Kier molecular flexibility index (Phi) is 5.27. The molecule has 32 heavy (non-hydrogen) atoms. The van der Waals surface area contributed by atoms with Gasteiger partial charge in [-0.1, -0.05) is 6.07 Å². The summed E-state index contributed by atoms with van der Waals surface area (Å²) >= 11 is 0. The molecule has 8 heteroatoms. The van der Waals surface area contributed by atoms with Crippen LogP contribution in [0.1, 0.15) is 68.3 Å². The van der Waals surface area contributed by atoms with Crippen molar-refractivity contribution >= 4 is 22.5 Å². The zero-order valence-corrected chi connectivity index (χ0v) is 18.6. The Bertz CT molecular complexity index is 1220. The van der Waals surface area contributed by atoms with Gasteiger partial charge in [-0.3, -0.25) is 9.48 Å². The first kappa shape index (κ1) is 21.9. The van der Waals surface area contributed by atoms with Crippen molar-refractivity contribution in [1.29, 1.82) is 5.26 Å². The van der Waals surface area contributed by atoms with Crippen molar-refractivity contribution in [1.82, 2.24) is 14.8 Å². The fourth-order valence-corrected chi connectivity index (χ4v) is 4.08. The zero-order chi connectivity index (χ0) is 23.3. The van der Waals surface area contributed by atoms with Gasteiger partial charge in [-0.15, -0.1) is 0 Å². The average Bonchev–Trinajstić information content (AvgIpc) is 3.06. The van der Waals surface area contributed by atoms with Crippen LogP contribution in [0.25, 0.3) is 10.9 Å². The molecule has 0 bridgehead atoms. The van der Waals surface area contributed by atoms with Gasteiger partial charge in [0.2, 0.25) is 0 Å². The molecule has 2 heterocycles. The van der Waals surface area contributed by atoms with Gasteiger partial charge in [0, 0.05) is 22.8 Å². The number of carbonyl (C=O) groups is 1. The van der Waals surface area contributed by atoms with Crippen LogP contribution in [0.5, 0.6) is 0 Å². The summed E-state index contributed by atoms with van der Waals surface area (Å²) in [5.41, 5.74) is 0.0630. The van der Waals surface area contributed by atoms with Gasteiger partial charge in [-0.05, 0) is 70.7 Å². The van der Waals surface area contributed by atoms with Crippen molar-refractivity contribution in [3.05, 3.63) is 53.5 Å². The molecule has 1 aliphatic rings. The molecule has 0 aliphatic heterocycles. The number of rotatable bonds is 5. The number of hydrogen-bond acceptors (Lipinski definition) is 6. The maximum Gasteiger partial charge on any atom is 0.274 e. The molecule has 3 N–H and O–H groups in total. The minimum atomic E-state index is -1.22. The number of nitrogens with one attached hydrogen (secondary N) is 1. The van der Waals surface area contributed by atoms with Crippen molar-refractivity contribution in [3.63, 3.8) is 0 Å². The highest BCUT2D eigenvalue weighted by Crippen LogP contribution is 2.44. The molecule has 0 unspecified atom stereocenters. The van der Waals surface area contributed by atoms with Crippen molar-refractivity contribution in [3.8, 4) is 6.07 Å². The highest BCUT2D eigenvalue weighted by molar-refractivity contribution is 6.04. The summed E-state index contributed by atoms with van der Waals surface area (Å²) in [6, 6.07) is 10.4. The number of anilines is 1. The number of benzene rings is 1.